The van der Waals surface area contributed by atoms with Crippen LogP contribution in [0.5, 0.6) is 0 Å². The number of hydrogen-bond acceptors (Lipinski definition) is 6. The van der Waals surface area contributed by atoms with E-state index in [0.29, 0.717) is 54.4 Å². The Kier molecular flexibility index (Phi) is 7.76. The van der Waals surface area contributed by atoms with Crippen molar-refractivity contribution in [2.24, 2.45) is 0 Å². The lowest BCUT2D eigenvalue weighted by molar-refractivity contribution is -0.0934. The van der Waals surface area contributed by atoms with Crippen LogP contribution >= 0.6 is 0 Å². The molecule has 1 saturated carbocycles. The van der Waals surface area contributed by atoms with Gasteiger partial charge in [0, 0.05) is 43.5 Å². The molecule has 36 heavy (non-hydrogen) atoms. The number of fused-ring (bicyclic) bond motifs is 1. The molecular weight excluding hydrogens is 469 g/mol. The van der Waals surface area contributed by atoms with Crippen molar-refractivity contribution < 1.29 is 17.9 Å². The molecule has 0 amide bonds. The summed E-state index contributed by atoms with van der Waals surface area (Å²) in [5, 5.41) is 4.09. The Labute approximate surface area is 208 Å². The summed E-state index contributed by atoms with van der Waals surface area (Å²) in [5.74, 6) is 0.683. The Hall–Kier alpha value is -3.23. The number of nitrogens with zero attached hydrogens (tertiary/aromatic N) is 6. The van der Waals surface area contributed by atoms with Crippen LogP contribution in [0.15, 0.2) is 35.8 Å². The number of morpholine rings is 1. The molecule has 2 aliphatic carbocycles. The van der Waals surface area contributed by atoms with Crippen LogP contribution in [-0.4, -0.2) is 57.2 Å². The fourth-order valence-electron chi connectivity index (χ4n) is 3.87. The molecule has 3 aromatic heterocycles. The van der Waals surface area contributed by atoms with Crippen molar-refractivity contribution in [1.82, 2.24) is 24.7 Å². The third-order valence-corrected chi connectivity index (χ3v) is 6.11. The summed E-state index contributed by atoms with van der Waals surface area (Å²) in [4.78, 5) is 15.8. The molecule has 7 nitrogen and oxygen atoms in total. The first-order chi connectivity index (χ1) is 17.3. The van der Waals surface area contributed by atoms with Crippen LogP contribution in [0, 0.1) is 13.8 Å². The molecule has 6 rings (SSSR count). The van der Waals surface area contributed by atoms with Gasteiger partial charge in [0.05, 0.1) is 41.7 Å². The third kappa shape index (κ3) is 5.77. The minimum Gasteiger partial charge on any atom is -0.378 e. The Bertz CT molecular complexity index is 1270. The topological polar surface area (TPSA) is 69.0 Å². The van der Waals surface area contributed by atoms with Gasteiger partial charge in [0.15, 0.2) is 0 Å². The Balaban J connectivity index is 0.000000254. The number of pyridine rings is 1. The van der Waals surface area contributed by atoms with Crippen LogP contribution in [0.2, 0.25) is 0 Å². The molecule has 0 radical (unpaired) electrons. The van der Waals surface area contributed by atoms with E-state index in [-0.39, 0.29) is 6.42 Å². The van der Waals surface area contributed by atoms with Gasteiger partial charge in [-0.1, -0.05) is 13.8 Å². The van der Waals surface area contributed by atoms with Gasteiger partial charge in [-0.2, -0.15) is 18.3 Å². The quantitative estimate of drug-likeness (QED) is 0.436. The monoisotopic (exact) mass is 500 g/mol. The largest absolute Gasteiger partial charge is 0.420 e. The molecule has 1 saturated heterocycles. The van der Waals surface area contributed by atoms with Gasteiger partial charge in [0.25, 0.3) is 0 Å². The highest BCUT2D eigenvalue weighted by Crippen LogP contribution is 2.40. The fourth-order valence-corrected chi connectivity index (χ4v) is 3.87. The van der Waals surface area contributed by atoms with Crippen LogP contribution in [0.3, 0.4) is 0 Å². The lowest BCUT2D eigenvalue weighted by Crippen LogP contribution is -2.37. The number of hydrogen-bond donors (Lipinski definition) is 0. The van der Waals surface area contributed by atoms with E-state index in [0.717, 1.165) is 17.4 Å². The van der Waals surface area contributed by atoms with Crippen molar-refractivity contribution in [2.45, 2.75) is 59.2 Å². The molecule has 1 aliphatic heterocycles. The first-order valence-electron chi connectivity index (χ1n) is 12.3. The number of allylic oxidation sites excluding steroid dienone is 1. The van der Waals surface area contributed by atoms with Gasteiger partial charge in [-0.05, 0) is 32.8 Å². The molecule has 3 aliphatic rings. The van der Waals surface area contributed by atoms with Gasteiger partial charge in [-0.25, -0.2) is 15.0 Å². The molecule has 4 heterocycles. The summed E-state index contributed by atoms with van der Waals surface area (Å²) < 4.78 is 45.8. The molecule has 0 spiro atoms. The average molecular weight is 501 g/mol. The average Bonchev–Trinajstić information content (AvgIpc) is 3.54. The maximum Gasteiger partial charge on any atom is 0.420 e. The van der Waals surface area contributed by atoms with Gasteiger partial charge in [-0.15, -0.1) is 5.73 Å². The molecule has 10 heteroatoms. The number of ether oxygens (including phenoxy) is 1. The zero-order valence-electron chi connectivity index (χ0n) is 21.1. The molecular formula is C26H31F3N6O. The van der Waals surface area contributed by atoms with Gasteiger partial charge < -0.3 is 9.64 Å². The normalized spacial score (nSPS) is 17.2. The Morgan fingerprint density at radius 1 is 1.03 bits per heavy atom. The lowest BCUT2D eigenvalue weighted by Gasteiger charge is -2.29. The lowest BCUT2D eigenvalue weighted by atomic mass is 9.93. The van der Waals surface area contributed by atoms with Crippen LogP contribution in [0.25, 0.3) is 16.6 Å². The highest BCUT2D eigenvalue weighted by Gasteiger charge is 2.38. The molecule has 0 unspecified atom stereocenters. The van der Waals surface area contributed by atoms with Gasteiger partial charge in [0.1, 0.15) is 17.0 Å². The van der Waals surface area contributed by atoms with E-state index < -0.39 is 11.7 Å². The maximum absolute atomic E-state index is 12.8. The van der Waals surface area contributed by atoms with E-state index in [2.05, 4.69) is 30.7 Å². The first-order valence-corrected chi connectivity index (χ1v) is 12.3. The number of halogens is 3. The van der Waals surface area contributed by atoms with Gasteiger partial charge in [-0.3, -0.25) is 4.68 Å². The molecule has 0 N–H and O–H groups in total. The highest BCUT2D eigenvalue weighted by molar-refractivity contribution is 5.91. The predicted octanol–water partition coefficient (Wildman–Crippen LogP) is 5.60. The molecule has 192 valence electrons. The minimum atomic E-state index is -4.35. The summed E-state index contributed by atoms with van der Waals surface area (Å²) >= 11 is 0. The number of anilines is 1. The molecule has 0 bridgehead atoms. The number of aromatic nitrogens is 5. The maximum atomic E-state index is 12.8. The fraction of sp³-hybridized carbons (Fsp3) is 0.500. The third-order valence-electron chi connectivity index (χ3n) is 6.11. The number of aryl methyl sites for hydroxylation is 2. The van der Waals surface area contributed by atoms with Crippen LogP contribution in [-0.2, 0) is 4.74 Å². The summed E-state index contributed by atoms with van der Waals surface area (Å²) in [7, 11) is 0. The van der Waals surface area contributed by atoms with E-state index in [1.54, 1.807) is 0 Å². The molecule has 2 fully saturated rings. The number of rotatable bonds is 3. The SMILES string of the molecule is CC.Cc1nc2cc(N3CCOCC3)nc(C3=C=C(C(F)(F)F)C3)c2nc1C.c1cnn(C2CC2)c1. The van der Waals surface area contributed by atoms with Gasteiger partial charge in [0.2, 0.25) is 0 Å². The van der Waals surface area contributed by atoms with Crippen molar-refractivity contribution in [3.8, 4) is 0 Å². The molecule has 0 aromatic carbocycles. The summed E-state index contributed by atoms with van der Waals surface area (Å²) in [6.07, 6.45) is 1.95. The van der Waals surface area contributed by atoms with Crippen molar-refractivity contribution in [1.29, 1.82) is 0 Å². The van der Waals surface area contributed by atoms with E-state index in [9.17, 15) is 13.2 Å². The van der Waals surface area contributed by atoms with Crippen LogP contribution in [0.1, 0.15) is 56.2 Å². The highest BCUT2D eigenvalue weighted by atomic mass is 19.4. The zero-order valence-corrected chi connectivity index (χ0v) is 21.1. The van der Waals surface area contributed by atoms with E-state index in [1.165, 1.54) is 12.8 Å². The predicted molar refractivity (Wildman–Crippen MR) is 133 cm³/mol. The van der Waals surface area contributed by atoms with Gasteiger partial charge >= 0.3 is 6.18 Å². The number of alkyl halides is 3. The van der Waals surface area contributed by atoms with E-state index in [4.69, 9.17) is 4.74 Å². The zero-order chi connectivity index (χ0) is 25.9. The minimum absolute atomic E-state index is 0.202. The van der Waals surface area contributed by atoms with Crippen molar-refractivity contribution in [3.05, 3.63) is 52.9 Å². The second-order valence-corrected chi connectivity index (χ2v) is 8.66. The summed E-state index contributed by atoms with van der Waals surface area (Å²) in [6, 6.07) is 4.56. The first kappa shape index (κ1) is 25.9. The smallest absolute Gasteiger partial charge is 0.378 e. The van der Waals surface area contributed by atoms with Crippen molar-refractivity contribution >= 4 is 22.4 Å². The van der Waals surface area contributed by atoms with Crippen LogP contribution in [0.4, 0.5) is 19.0 Å². The van der Waals surface area contributed by atoms with Crippen molar-refractivity contribution in [2.75, 3.05) is 31.2 Å². The standard InChI is InChI=1S/C18H17F3N4O.C6H8N2.C2H6/c1-10-11(2)23-17-14(22-10)9-15(25-3-5-26-6-4-25)24-16(17)12-7-13(8-12)18(19,20)21;1-4-7-8(5-1)6-2-3-6;1-2/h9H,3-7H2,1-2H3;1,4-6H,2-3H2;1-2H3. The van der Waals surface area contributed by atoms with Crippen molar-refractivity contribution in [3.63, 3.8) is 0 Å². The van der Waals surface area contributed by atoms with E-state index in [1.807, 2.05) is 56.9 Å². The second-order valence-electron chi connectivity index (χ2n) is 8.66. The Morgan fingerprint density at radius 2 is 1.69 bits per heavy atom. The molecule has 3 aromatic rings. The summed E-state index contributed by atoms with van der Waals surface area (Å²) in [6.45, 7) is 10.2. The summed E-state index contributed by atoms with van der Waals surface area (Å²) in [5.41, 5.74) is 5.31. The second kappa shape index (κ2) is 10.8. The van der Waals surface area contributed by atoms with E-state index >= 15 is 0 Å². The molecule has 0 atom stereocenters. The van der Waals surface area contributed by atoms with Crippen LogP contribution < -0.4 is 4.90 Å². The Morgan fingerprint density at radius 3 is 2.28 bits per heavy atom.